The van der Waals surface area contributed by atoms with Gasteiger partial charge < -0.3 is 35.9 Å². The van der Waals surface area contributed by atoms with Gasteiger partial charge in [0.25, 0.3) is 0 Å². The normalized spacial score (nSPS) is 9.38. The maximum atomic E-state index is 4.71. The van der Waals surface area contributed by atoms with Gasteiger partial charge in [-0.3, -0.25) is 0 Å². The van der Waals surface area contributed by atoms with Gasteiger partial charge in [-0.2, -0.15) is 0 Å². The van der Waals surface area contributed by atoms with Gasteiger partial charge in [0.05, 0.1) is 6.54 Å². The van der Waals surface area contributed by atoms with Crippen LogP contribution < -0.4 is 11.1 Å². The van der Waals surface area contributed by atoms with Crippen molar-refractivity contribution in [2.75, 3.05) is 13.1 Å². The molecule has 0 spiro atoms. The minimum Gasteiger partial charge on any atom is -0.412 e. The minimum absolute atomic E-state index is 0.450. The molecule has 0 aliphatic carbocycles. The smallest absolute Gasteiger partial charge is 0.0780 e. The van der Waals surface area contributed by atoms with Crippen molar-refractivity contribution in [3.8, 4) is 0 Å². The Labute approximate surface area is 138 Å². The molecular weight excluding hydrogens is 296 g/mol. The first-order chi connectivity index (χ1) is 10.2. The molecule has 0 saturated heterocycles. The third kappa shape index (κ3) is 9.13. The van der Waals surface area contributed by atoms with Crippen LogP contribution in [0, 0.1) is 0 Å². The van der Waals surface area contributed by atoms with Gasteiger partial charge in [-0.1, -0.05) is 65.0 Å². The zero-order valence-electron chi connectivity index (χ0n) is 12.1. The maximum Gasteiger partial charge on any atom is 0.0780 e. The second kappa shape index (κ2) is 11.2. The summed E-state index contributed by atoms with van der Waals surface area (Å²) in [6.07, 6.45) is 2.07. The van der Waals surface area contributed by atoms with E-state index in [1.165, 1.54) is 11.1 Å². The SMILES string of the molecule is S=C([S-])NCCc1ccccc1.[NH3+]CCc1ccccc1. The van der Waals surface area contributed by atoms with Crippen LogP contribution in [0.25, 0.3) is 0 Å². The van der Waals surface area contributed by atoms with Gasteiger partial charge in [0.15, 0.2) is 0 Å². The van der Waals surface area contributed by atoms with Gasteiger partial charge >= 0.3 is 0 Å². The molecule has 0 radical (unpaired) electrons. The molecule has 4 heteroatoms. The van der Waals surface area contributed by atoms with Crippen LogP contribution in [0.4, 0.5) is 0 Å². The Bertz CT molecular complexity index is 501. The van der Waals surface area contributed by atoms with E-state index in [-0.39, 0.29) is 0 Å². The van der Waals surface area contributed by atoms with Crippen LogP contribution in [0.2, 0.25) is 0 Å². The van der Waals surface area contributed by atoms with Gasteiger partial charge in [0, 0.05) is 13.0 Å². The molecular formula is C17H22N2S2. The highest BCUT2D eigenvalue weighted by atomic mass is 32.1. The fourth-order valence-corrected chi connectivity index (χ4v) is 2.01. The molecule has 0 unspecified atom stereocenters. The molecule has 0 fully saturated rings. The summed E-state index contributed by atoms with van der Waals surface area (Å²) in [5, 5.41) is 2.94. The lowest BCUT2D eigenvalue weighted by Crippen LogP contribution is -2.51. The maximum absolute atomic E-state index is 4.71. The second-order valence-electron chi connectivity index (χ2n) is 4.54. The summed E-state index contributed by atoms with van der Waals surface area (Å²) in [5.74, 6) is 0. The number of hydrogen-bond acceptors (Lipinski definition) is 2. The van der Waals surface area contributed by atoms with Crippen molar-refractivity contribution in [3.05, 3.63) is 71.8 Å². The van der Waals surface area contributed by atoms with Gasteiger partial charge in [0.1, 0.15) is 0 Å². The molecule has 0 saturated carbocycles. The van der Waals surface area contributed by atoms with Crippen molar-refractivity contribution < 1.29 is 5.73 Å². The summed E-state index contributed by atoms with van der Waals surface area (Å²) in [6, 6.07) is 20.7. The number of quaternary nitrogens is 1. The Hall–Kier alpha value is -1.49. The molecule has 0 aromatic heterocycles. The Morgan fingerprint density at radius 2 is 1.38 bits per heavy atom. The first-order valence-electron chi connectivity index (χ1n) is 7.04. The van der Waals surface area contributed by atoms with E-state index in [1.54, 1.807) is 0 Å². The van der Waals surface area contributed by atoms with Crippen LogP contribution >= 0.6 is 12.2 Å². The molecule has 2 aromatic carbocycles. The predicted octanol–water partition coefficient (Wildman–Crippen LogP) is 2.12. The van der Waals surface area contributed by atoms with Gasteiger partial charge in [-0.05, 0) is 17.5 Å². The summed E-state index contributed by atoms with van der Waals surface area (Å²) in [6.45, 7) is 1.82. The van der Waals surface area contributed by atoms with E-state index in [1.807, 2.05) is 24.3 Å². The molecule has 2 aromatic rings. The zero-order valence-corrected chi connectivity index (χ0v) is 13.8. The average molecular weight is 319 g/mol. The van der Waals surface area contributed by atoms with E-state index in [9.17, 15) is 0 Å². The van der Waals surface area contributed by atoms with E-state index < -0.39 is 0 Å². The van der Waals surface area contributed by atoms with Crippen LogP contribution in [-0.2, 0) is 25.5 Å². The molecule has 0 aliphatic rings. The van der Waals surface area contributed by atoms with Crippen molar-refractivity contribution in [1.82, 2.24) is 5.32 Å². The van der Waals surface area contributed by atoms with E-state index in [0.717, 1.165) is 25.9 Å². The molecule has 2 nitrogen and oxygen atoms in total. The van der Waals surface area contributed by atoms with E-state index in [4.69, 9.17) is 24.8 Å². The standard InChI is InChI=1S/C9H11NS2.C8H11N/c11-9(12)10-7-6-8-4-2-1-3-5-8;9-7-6-8-4-2-1-3-5-8/h1-5H,6-7H2,(H2,10,11,12);1-5H,6-7,9H2. The molecule has 0 bridgehead atoms. The Morgan fingerprint density at radius 1 is 0.905 bits per heavy atom. The number of nitrogens with one attached hydrogen (secondary N) is 1. The van der Waals surface area contributed by atoms with E-state index in [2.05, 4.69) is 47.4 Å². The Morgan fingerprint density at radius 3 is 1.81 bits per heavy atom. The summed E-state index contributed by atoms with van der Waals surface area (Å²) >= 11 is 9.43. The highest BCUT2D eigenvalue weighted by Gasteiger charge is 1.88. The third-order valence-electron chi connectivity index (χ3n) is 2.83. The molecule has 0 atom stereocenters. The van der Waals surface area contributed by atoms with Crippen molar-refractivity contribution in [1.29, 1.82) is 0 Å². The fraction of sp³-hybridized carbons (Fsp3) is 0.235. The van der Waals surface area contributed by atoms with Crippen LogP contribution in [0.5, 0.6) is 0 Å². The lowest BCUT2D eigenvalue weighted by atomic mass is 10.2. The number of rotatable bonds is 5. The highest BCUT2D eigenvalue weighted by Crippen LogP contribution is 1.98. The summed E-state index contributed by atoms with van der Waals surface area (Å²) in [4.78, 5) is 0. The fourth-order valence-electron chi connectivity index (χ4n) is 1.80. The quantitative estimate of drug-likeness (QED) is 0.655. The monoisotopic (exact) mass is 318 g/mol. The van der Waals surface area contributed by atoms with Crippen LogP contribution in [0.3, 0.4) is 0 Å². The molecule has 0 aliphatic heterocycles. The van der Waals surface area contributed by atoms with Crippen molar-refractivity contribution in [3.63, 3.8) is 0 Å². The summed E-state index contributed by atoms with van der Waals surface area (Å²) < 4.78 is 0.450. The first kappa shape index (κ1) is 17.6. The van der Waals surface area contributed by atoms with Crippen LogP contribution in [-0.4, -0.2) is 17.4 Å². The molecule has 4 N–H and O–H groups in total. The van der Waals surface area contributed by atoms with Crippen molar-refractivity contribution in [2.24, 2.45) is 0 Å². The molecule has 0 amide bonds. The third-order valence-corrected chi connectivity index (χ3v) is 3.12. The summed E-state index contributed by atoms with van der Waals surface area (Å²) in [5.41, 5.74) is 6.46. The van der Waals surface area contributed by atoms with Gasteiger partial charge in [-0.25, -0.2) is 0 Å². The minimum atomic E-state index is 0.450. The molecule has 21 heavy (non-hydrogen) atoms. The number of hydrogen-bond donors (Lipinski definition) is 2. The number of benzene rings is 2. The zero-order chi connectivity index (χ0) is 15.3. The average Bonchev–Trinajstić information content (AvgIpc) is 2.50. The first-order valence-corrected chi connectivity index (χ1v) is 7.86. The number of thiocarbonyl (C=S) groups is 1. The largest absolute Gasteiger partial charge is 0.412 e. The van der Waals surface area contributed by atoms with E-state index >= 15 is 0 Å². The van der Waals surface area contributed by atoms with Crippen LogP contribution in [0.1, 0.15) is 11.1 Å². The topological polar surface area (TPSA) is 39.7 Å². The Balaban J connectivity index is 0.000000219. The lowest BCUT2D eigenvalue weighted by Gasteiger charge is -2.08. The Kier molecular flexibility index (Phi) is 9.37. The summed E-state index contributed by atoms with van der Waals surface area (Å²) in [7, 11) is 0. The molecule has 2 rings (SSSR count). The van der Waals surface area contributed by atoms with Crippen LogP contribution in [0.15, 0.2) is 60.7 Å². The van der Waals surface area contributed by atoms with E-state index in [0.29, 0.717) is 4.32 Å². The predicted molar refractivity (Wildman–Crippen MR) is 96.0 cm³/mol. The van der Waals surface area contributed by atoms with Crippen molar-refractivity contribution >= 4 is 29.2 Å². The van der Waals surface area contributed by atoms with Gasteiger partial charge in [-0.15, -0.1) is 0 Å². The highest BCUT2D eigenvalue weighted by molar-refractivity contribution is 8.00. The second-order valence-corrected chi connectivity index (χ2v) is 5.61. The molecule has 112 valence electrons. The van der Waals surface area contributed by atoms with Crippen molar-refractivity contribution in [2.45, 2.75) is 12.8 Å². The molecule has 0 heterocycles. The van der Waals surface area contributed by atoms with Gasteiger partial charge in [0.2, 0.25) is 0 Å². The lowest BCUT2D eigenvalue weighted by molar-refractivity contribution is -0.366.